The molecular formula is C23H14N4OS2. The lowest BCUT2D eigenvalue weighted by atomic mass is 10.0. The minimum atomic E-state index is -0.171. The highest BCUT2D eigenvalue weighted by molar-refractivity contribution is 7.21. The van der Waals surface area contributed by atoms with E-state index in [1.165, 1.54) is 22.7 Å². The summed E-state index contributed by atoms with van der Waals surface area (Å²) in [6.07, 6.45) is 0. The molecule has 0 fully saturated rings. The average molecular weight is 427 g/mol. The third-order valence-corrected chi connectivity index (χ3v) is 6.99. The van der Waals surface area contributed by atoms with Crippen LogP contribution in [0.15, 0.2) is 60.0 Å². The summed E-state index contributed by atoms with van der Waals surface area (Å²) in [5.41, 5.74) is 14.3. The maximum Gasteiger partial charge on any atom is 0.205 e. The molecule has 0 aliphatic heterocycles. The number of thiophene rings is 2. The number of anilines is 2. The van der Waals surface area contributed by atoms with Crippen molar-refractivity contribution in [3.05, 3.63) is 76.0 Å². The monoisotopic (exact) mass is 426 g/mol. The second kappa shape index (κ2) is 6.95. The van der Waals surface area contributed by atoms with Gasteiger partial charge in [-0.25, -0.2) is 4.98 Å². The summed E-state index contributed by atoms with van der Waals surface area (Å²) in [5, 5.41) is 14.2. The van der Waals surface area contributed by atoms with Crippen molar-refractivity contribution < 1.29 is 4.79 Å². The standard InChI is InChI=1S/C23H14N4OS2/c24-11-15-17(16-6-3-9-29-16)18-19(25)21(30-23(18)27-22(15)26)20(28)14-8-7-12-4-1-2-5-13(12)10-14/h1-10H,25H2,(H2,26,27). The summed E-state index contributed by atoms with van der Waals surface area (Å²) < 4.78 is 0. The number of nitrogens with two attached hydrogens (primary N) is 2. The minimum Gasteiger partial charge on any atom is -0.397 e. The van der Waals surface area contributed by atoms with E-state index >= 15 is 0 Å². The molecule has 144 valence electrons. The van der Waals surface area contributed by atoms with Crippen molar-refractivity contribution in [1.82, 2.24) is 4.98 Å². The van der Waals surface area contributed by atoms with Crippen molar-refractivity contribution in [2.75, 3.05) is 11.5 Å². The third-order valence-electron chi connectivity index (χ3n) is 5.00. The predicted molar refractivity (Wildman–Crippen MR) is 124 cm³/mol. The van der Waals surface area contributed by atoms with Crippen LogP contribution in [0, 0.1) is 11.3 Å². The molecule has 5 rings (SSSR count). The maximum absolute atomic E-state index is 13.3. The first-order valence-corrected chi connectivity index (χ1v) is 10.8. The van der Waals surface area contributed by atoms with Gasteiger partial charge in [-0.3, -0.25) is 4.79 Å². The smallest absolute Gasteiger partial charge is 0.205 e. The topological polar surface area (TPSA) is 106 Å². The fourth-order valence-corrected chi connectivity index (χ4v) is 5.44. The second-order valence-corrected chi connectivity index (χ2v) is 8.70. The van der Waals surface area contributed by atoms with Gasteiger partial charge in [0.15, 0.2) is 0 Å². The molecule has 7 heteroatoms. The van der Waals surface area contributed by atoms with E-state index in [0.29, 0.717) is 31.9 Å². The number of nitrogen functional groups attached to an aromatic ring is 2. The Morgan fingerprint density at radius 2 is 1.83 bits per heavy atom. The number of nitriles is 1. The highest BCUT2D eigenvalue weighted by atomic mass is 32.1. The lowest BCUT2D eigenvalue weighted by molar-refractivity contribution is 0.104. The first-order chi connectivity index (χ1) is 14.6. The third kappa shape index (κ3) is 2.74. The van der Waals surface area contributed by atoms with Gasteiger partial charge in [-0.15, -0.1) is 22.7 Å². The van der Waals surface area contributed by atoms with Gasteiger partial charge >= 0.3 is 0 Å². The molecule has 0 amide bonds. The molecule has 5 nitrogen and oxygen atoms in total. The maximum atomic E-state index is 13.3. The summed E-state index contributed by atoms with van der Waals surface area (Å²) in [6, 6.07) is 19.4. The second-order valence-electron chi connectivity index (χ2n) is 6.75. The number of pyridine rings is 1. The number of benzene rings is 2. The average Bonchev–Trinajstić information content (AvgIpc) is 3.40. The Morgan fingerprint density at radius 1 is 1.03 bits per heavy atom. The Hall–Kier alpha value is -3.73. The van der Waals surface area contributed by atoms with E-state index in [1.54, 1.807) is 6.07 Å². The number of aromatic nitrogens is 1. The van der Waals surface area contributed by atoms with E-state index in [4.69, 9.17) is 11.5 Å². The molecule has 0 unspecified atom stereocenters. The molecule has 4 N–H and O–H groups in total. The molecule has 0 saturated heterocycles. The van der Waals surface area contributed by atoms with E-state index in [0.717, 1.165) is 15.6 Å². The quantitative estimate of drug-likeness (QED) is 0.373. The van der Waals surface area contributed by atoms with Gasteiger partial charge in [0.2, 0.25) is 5.78 Å². The van der Waals surface area contributed by atoms with Crippen LogP contribution in [-0.2, 0) is 0 Å². The molecule has 0 bridgehead atoms. The van der Waals surface area contributed by atoms with E-state index in [9.17, 15) is 10.1 Å². The van der Waals surface area contributed by atoms with Crippen LogP contribution in [-0.4, -0.2) is 10.8 Å². The highest BCUT2D eigenvalue weighted by Gasteiger charge is 2.25. The van der Waals surface area contributed by atoms with Gasteiger partial charge in [0.05, 0.1) is 5.69 Å². The van der Waals surface area contributed by atoms with Crippen molar-refractivity contribution in [3.8, 4) is 16.5 Å². The zero-order chi connectivity index (χ0) is 20.8. The molecule has 5 aromatic rings. The van der Waals surface area contributed by atoms with Gasteiger partial charge in [0.1, 0.15) is 27.2 Å². The number of nitrogens with zero attached hydrogens (tertiary/aromatic N) is 2. The predicted octanol–water partition coefficient (Wildman–Crippen LogP) is 5.45. The fraction of sp³-hybridized carbons (Fsp3) is 0. The van der Waals surface area contributed by atoms with Gasteiger partial charge in [0.25, 0.3) is 0 Å². The Labute approximate surface area is 179 Å². The summed E-state index contributed by atoms with van der Waals surface area (Å²) in [6.45, 7) is 0. The van der Waals surface area contributed by atoms with Crippen LogP contribution in [0.1, 0.15) is 20.8 Å². The largest absolute Gasteiger partial charge is 0.397 e. The number of fused-ring (bicyclic) bond motifs is 2. The van der Waals surface area contributed by atoms with Crippen LogP contribution >= 0.6 is 22.7 Å². The van der Waals surface area contributed by atoms with Crippen LogP contribution in [0.25, 0.3) is 31.4 Å². The minimum absolute atomic E-state index is 0.138. The molecule has 3 aromatic heterocycles. The molecule has 30 heavy (non-hydrogen) atoms. The zero-order valence-corrected chi connectivity index (χ0v) is 17.2. The van der Waals surface area contributed by atoms with E-state index in [2.05, 4.69) is 11.1 Å². The van der Waals surface area contributed by atoms with Crippen molar-refractivity contribution in [3.63, 3.8) is 0 Å². The molecular weight excluding hydrogens is 412 g/mol. The van der Waals surface area contributed by atoms with Crippen LogP contribution < -0.4 is 11.5 Å². The SMILES string of the molecule is N#Cc1c(N)nc2sc(C(=O)c3ccc4ccccc4c3)c(N)c2c1-c1cccs1. The van der Waals surface area contributed by atoms with Crippen molar-refractivity contribution in [1.29, 1.82) is 5.26 Å². The molecule has 0 aliphatic carbocycles. The van der Waals surface area contributed by atoms with Crippen molar-refractivity contribution >= 4 is 61.0 Å². The Balaban J connectivity index is 1.74. The van der Waals surface area contributed by atoms with E-state index < -0.39 is 0 Å². The first kappa shape index (κ1) is 18.3. The molecule has 0 saturated carbocycles. The van der Waals surface area contributed by atoms with Gasteiger partial charge in [-0.05, 0) is 28.3 Å². The molecule has 0 spiro atoms. The van der Waals surface area contributed by atoms with Crippen LogP contribution in [0.2, 0.25) is 0 Å². The number of carbonyl (C=O) groups excluding carboxylic acids is 1. The number of ketones is 1. The van der Waals surface area contributed by atoms with Crippen molar-refractivity contribution in [2.45, 2.75) is 0 Å². The van der Waals surface area contributed by atoms with Crippen LogP contribution in [0.4, 0.5) is 11.5 Å². The molecule has 0 atom stereocenters. The first-order valence-electron chi connectivity index (χ1n) is 9.07. The van der Waals surface area contributed by atoms with Gasteiger partial charge in [-0.1, -0.05) is 42.5 Å². The molecule has 0 radical (unpaired) electrons. The Kier molecular flexibility index (Phi) is 4.24. The Bertz CT molecular complexity index is 1490. The number of hydrogen-bond donors (Lipinski definition) is 2. The molecule has 2 aromatic carbocycles. The van der Waals surface area contributed by atoms with Gasteiger partial charge in [0, 0.05) is 21.4 Å². The summed E-state index contributed by atoms with van der Waals surface area (Å²) in [7, 11) is 0. The lowest BCUT2D eigenvalue weighted by Gasteiger charge is -2.07. The summed E-state index contributed by atoms with van der Waals surface area (Å²) >= 11 is 2.69. The fourth-order valence-electron chi connectivity index (χ4n) is 3.58. The highest BCUT2D eigenvalue weighted by Crippen LogP contribution is 2.44. The van der Waals surface area contributed by atoms with E-state index in [-0.39, 0.29) is 17.2 Å². The van der Waals surface area contributed by atoms with E-state index in [1.807, 2.05) is 53.9 Å². The van der Waals surface area contributed by atoms with Crippen LogP contribution in [0.5, 0.6) is 0 Å². The lowest BCUT2D eigenvalue weighted by Crippen LogP contribution is -2.02. The van der Waals surface area contributed by atoms with Crippen LogP contribution in [0.3, 0.4) is 0 Å². The molecule has 3 heterocycles. The zero-order valence-electron chi connectivity index (χ0n) is 15.5. The number of carbonyl (C=O) groups is 1. The molecule has 0 aliphatic rings. The normalized spacial score (nSPS) is 11.0. The van der Waals surface area contributed by atoms with Crippen molar-refractivity contribution in [2.24, 2.45) is 0 Å². The summed E-state index contributed by atoms with van der Waals surface area (Å²) in [4.78, 5) is 19.5. The number of hydrogen-bond acceptors (Lipinski definition) is 7. The summed E-state index contributed by atoms with van der Waals surface area (Å²) in [5.74, 6) is -0.0326. The van der Waals surface area contributed by atoms with Gasteiger partial charge < -0.3 is 11.5 Å². The van der Waals surface area contributed by atoms with Gasteiger partial charge in [-0.2, -0.15) is 5.26 Å². The Morgan fingerprint density at radius 3 is 2.57 bits per heavy atom. The number of rotatable bonds is 3.